The lowest BCUT2D eigenvalue weighted by atomic mass is 10.1. The first-order valence-electron chi connectivity index (χ1n) is 7.48. The minimum Gasteiger partial charge on any atom is -0.465 e. The average Bonchev–Trinajstić information content (AvgIpc) is 2.93. The predicted molar refractivity (Wildman–Crippen MR) is 95.2 cm³/mol. The van der Waals surface area contributed by atoms with E-state index >= 15 is 0 Å². The van der Waals surface area contributed by atoms with Crippen LogP contribution >= 0.6 is 23.5 Å². The van der Waals surface area contributed by atoms with Crippen LogP contribution in [0.5, 0.6) is 0 Å². The van der Waals surface area contributed by atoms with Crippen LogP contribution in [0, 0.1) is 0 Å². The normalized spacial score (nSPS) is 26.0. The van der Waals surface area contributed by atoms with Gasteiger partial charge in [0.05, 0.1) is 23.3 Å². The third-order valence-electron chi connectivity index (χ3n) is 4.11. The van der Waals surface area contributed by atoms with Crippen molar-refractivity contribution in [1.29, 1.82) is 0 Å². The molecule has 1 N–H and O–H groups in total. The van der Waals surface area contributed by atoms with Crippen LogP contribution in [0.25, 0.3) is 0 Å². The maximum absolute atomic E-state index is 12.6. The fraction of sp³-hybridized carbons (Fsp3) is 0.438. The Morgan fingerprint density at radius 3 is 2.71 bits per heavy atom. The average molecular weight is 366 g/mol. The molecule has 3 rings (SSSR count). The van der Waals surface area contributed by atoms with E-state index in [1.165, 1.54) is 7.11 Å². The zero-order chi connectivity index (χ0) is 17.3. The number of amides is 2. The maximum atomic E-state index is 12.6. The fourth-order valence-electron chi connectivity index (χ4n) is 2.90. The monoisotopic (exact) mass is 366 g/mol. The van der Waals surface area contributed by atoms with Crippen LogP contribution in [0.2, 0.25) is 0 Å². The van der Waals surface area contributed by atoms with Crippen LogP contribution in [0.1, 0.15) is 17.3 Å². The van der Waals surface area contributed by atoms with E-state index < -0.39 is 12.0 Å². The molecular formula is C16H18N2O4S2. The van der Waals surface area contributed by atoms with E-state index in [2.05, 4.69) is 10.1 Å². The van der Waals surface area contributed by atoms with Crippen LogP contribution < -0.4 is 5.32 Å². The third kappa shape index (κ3) is 3.12. The lowest BCUT2D eigenvalue weighted by Crippen LogP contribution is -2.56. The van der Waals surface area contributed by atoms with Gasteiger partial charge in [0.2, 0.25) is 11.8 Å². The fourth-order valence-corrected chi connectivity index (χ4v) is 5.61. The molecule has 2 aliphatic rings. The number of thioether (sulfide) groups is 2. The van der Waals surface area contributed by atoms with Gasteiger partial charge in [-0.1, -0.05) is 0 Å². The molecule has 2 aliphatic heterocycles. The standard InChI is InChI=1S/C16H18N2O4S2/c1-16-9-23-8-13(19)18(16)12(7-24-16)14(20)17-11-5-3-10(4-6-11)15(21)22-2/h3-6,12H,7-9H2,1-2H3,(H,17,20)/t12-,16+/m0/s1. The molecule has 2 amide bonds. The SMILES string of the molecule is COC(=O)c1ccc(NC(=O)[C@@H]2CS[C@]3(C)CSCC(=O)N23)cc1. The van der Waals surface area contributed by atoms with Crippen molar-refractivity contribution in [2.24, 2.45) is 0 Å². The number of ether oxygens (including phenoxy) is 1. The van der Waals surface area contributed by atoms with Gasteiger partial charge < -0.3 is 15.0 Å². The molecule has 128 valence electrons. The smallest absolute Gasteiger partial charge is 0.337 e. The summed E-state index contributed by atoms with van der Waals surface area (Å²) in [5, 5.41) is 2.83. The van der Waals surface area contributed by atoms with Crippen molar-refractivity contribution in [3.63, 3.8) is 0 Å². The number of hydrogen-bond acceptors (Lipinski definition) is 6. The Morgan fingerprint density at radius 2 is 2.04 bits per heavy atom. The van der Waals surface area contributed by atoms with Gasteiger partial charge in [0.15, 0.2) is 0 Å². The number of anilines is 1. The summed E-state index contributed by atoms with van der Waals surface area (Å²) in [6.45, 7) is 2.01. The molecular weight excluding hydrogens is 348 g/mol. The minimum atomic E-state index is -0.464. The van der Waals surface area contributed by atoms with Crippen molar-refractivity contribution in [1.82, 2.24) is 4.90 Å². The first-order chi connectivity index (χ1) is 11.4. The Morgan fingerprint density at radius 1 is 1.33 bits per heavy atom. The largest absolute Gasteiger partial charge is 0.465 e. The number of benzene rings is 1. The molecule has 6 nitrogen and oxygen atoms in total. The van der Waals surface area contributed by atoms with Crippen molar-refractivity contribution >= 4 is 47.0 Å². The molecule has 0 aromatic heterocycles. The van der Waals surface area contributed by atoms with E-state index in [-0.39, 0.29) is 16.7 Å². The van der Waals surface area contributed by atoms with E-state index in [4.69, 9.17) is 0 Å². The molecule has 2 atom stereocenters. The highest BCUT2D eigenvalue weighted by atomic mass is 32.2. The van der Waals surface area contributed by atoms with Gasteiger partial charge in [-0.05, 0) is 31.2 Å². The number of hydrogen-bond donors (Lipinski definition) is 1. The van der Waals surface area contributed by atoms with E-state index in [0.717, 1.165) is 5.75 Å². The number of fused-ring (bicyclic) bond motifs is 1. The molecule has 0 saturated carbocycles. The first-order valence-corrected chi connectivity index (χ1v) is 9.62. The van der Waals surface area contributed by atoms with Gasteiger partial charge in [0, 0.05) is 17.2 Å². The van der Waals surface area contributed by atoms with Crippen molar-refractivity contribution in [3.8, 4) is 0 Å². The minimum absolute atomic E-state index is 0.0138. The highest BCUT2D eigenvalue weighted by Crippen LogP contribution is 2.44. The predicted octanol–water partition coefficient (Wildman–Crippen LogP) is 1.82. The summed E-state index contributed by atoms with van der Waals surface area (Å²) >= 11 is 3.27. The summed E-state index contributed by atoms with van der Waals surface area (Å²) in [7, 11) is 1.32. The lowest BCUT2D eigenvalue weighted by molar-refractivity contribution is -0.138. The van der Waals surface area contributed by atoms with Crippen LogP contribution in [-0.4, -0.2) is 58.0 Å². The number of nitrogens with zero attached hydrogens (tertiary/aromatic N) is 1. The molecule has 2 heterocycles. The Bertz CT molecular complexity index is 679. The van der Waals surface area contributed by atoms with E-state index in [1.807, 2.05) is 6.92 Å². The second-order valence-electron chi connectivity index (χ2n) is 5.82. The zero-order valence-electron chi connectivity index (χ0n) is 13.4. The van der Waals surface area contributed by atoms with Crippen molar-refractivity contribution < 1.29 is 19.1 Å². The Balaban J connectivity index is 1.71. The van der Waals surface area contributed by atoms with Crippen molar-refractivity contribution in [3.05, 3.63) is 29.8 Å². The number of nitrogens with one attached hydrogen (secondary N) is 1. The van der Waals surface area contributed by atoms with Gasteiger partial charge in [-0.25, -0.2) is 4.79 Å². The summed E-state index contributed by atoms with van der Waals surface area (Å²) in [6.07, 6.45) is 0. The van der Waals surface area contributed by atoms with Crippen LogP contribution in [0.15, 0.2) is 24.3 Å². The second-order valence-corrected chi connectivity index (χ2v) is 8.30. The first kappa shape index (κ1) is 17.2. The second kappa shape index (κ2) is 6.68. The Labute approximate surface area is 148 Å². The number of carbonyl (C=O) groups is 3. The summed E-state index contributed by atoms with van der Waals surface area (Å²) < 4.78 is 4.65. The molecule has 2 saturated heterocycles. The van der Waals surface area contributed by atoms with E-state index in [0.29, 0.717) is 22.8 Å². The molecule has 24 heavy (non-hydrogen) atoms. The molecule has 0 bridgehead atoms. The summed E-state index contributed by atoms with van der Waals surface area (Å²) in [5.41, 5.74) is 1.01. The summed E-state index contributed by atoms with van der Waals surface area (Å²) in [4.78, 5) is 37.7. The van der Waals surface area contributed by atoms with Gasteiger partial charge in [-0.2, -0.15) is 0 Å². The van der Waals surface area contributed by atoms with E-state index in [1.54, 1.807) is 52.7 Å². The topological polar surface area (TPSA) is 75.7 Å². The van der Waals surface area contributed by atoms with E-state index in [9.17, 15) is 14.4 Å². The molecule has 2 fully saturated rings. The summed E-state index contributed by atoms with van der Waals surface area (Å²) in [5.74, 6) is 1.24. The molecule has 0 radical (unpaired) electrons. The lowest BCUT2D eigenvalue weighted by Gasteiger charge is -2.40. The number of esters is 1. The van der Waals surface area contributed by atoms with Crippen molar-refractivity contribution in [2.75, 3.05) is 29.7 Å². The molecule has 8 heteroatoms. The highest BCUT2D eigenvalue weighted by molar-refractivity contribution is 8.04. The zero-order valence-corrected chi connectivity index (χ0v) is 15.0. The molecule has 1 aromatic rings. The molecule has 0 unspecified atom stereocenters. The number of carbonyl (C=O) groups excluding carboxylic acids is 3. The quantitative estimate of drug-likeness (QED) is 0.823. The number of methoxy groups -OCH3 is 1. The van der Waals surface area contributed by atoms with Crippen LogP contribution in [-0.2, 0) is 14.3 Å². The van der Waals surface area contributed by atoms with Crippen LogP contribution in [0.4, 0.5) is 5.69 Å². The molecule has 0 spiro atoms. The molecule has 0 aliphatic carbocycles. The van der Waals surface area contributed by atoms with Gasteiger partial charge >= 0.3 is 5.97 Å². The van der Waals surface area contributed by atoms with Crippen LogP contribution in [0.3, 0.4) is 0 Å². The Hall–Kier alpha value is -1.67. The van der Waals surface area contributed by atoms with Gasteiger partial charge in [-0.3, -0.25) is 9.59 Å². The van der Waals surface area contributed by atoms with Gasteiger partial charge in [-0.15, -0.1) is 23.5 Å². The summed E-state index contributed by atoms with van der Waals surface area (Å²) in [6, 6.07) is 6.03. The number of rotatable bonds is 3. The maximum Gasteiger partial charge on any atom is 0.337 e. The highest BCUT2D eigenvalue weighted by Gasteiger charge is 2.51. The third-order valence-corrected chi connectivity index (χ3v) is 6.96. The Kier molecular flexibility index (Phi) is 4.78. The van der Waals surface area contributed by atoms with Crippen molar-refractivity contribution in [2.45, 2.75) is 17.8 Å². The molecule has 1 aromatic carbocycles. The van der Waals surface area contributed by atoms with Gasteiger partial charge in [0.1, 0.15) is 6.04 Å². The van der Waals surface area contributed by atoms with Gasteiger partial charge in [0.25, 0.3) is 0 Å².